The minimum atomic E-state index is -4.43. The Balaban J connectivity index is 1.84. The Kier molecular flexibility index (Phi) is 9.49. The molecule has 1 amide bonds. The molecular weight excluding hydrogens is 561 g/mol. The molecule has 14 heteroatoms. The van der Waals surface area contributed by atoms with Crippen molar-refractivity contribution in [2.24, 2.45) is 0 Å². The molecule has 1 fully saturated rings. The summed E-state index contributed by atoms with van der Waals surface area (Å²) in [6.07, 6.45) is -1.56. The molecule has 2 aromatic rings. The molecule has 3 rings (SSSR count). The lowest BCUT2D eigenvalue weighted by Crippen LogP contribution is -2.47. The molecule has 3 N–H and O–H groups in total. The minimum absolute atomic E-state index is 0.0244. The normalized spacial score (nSPS) is 20.9. The molecule has 1 aliphatic carbocycles. The van der Waals surface area contributed by atoms with E-state index in [9.17, 15) is 31.5 Å². The van der Waals surface area contributed by atoms with Gasteiger partial charge < -0.3 is 20.5 Å². The van der Waals surface area contributed by atoms with Gasteiger partial charge in [0.05, 0.1) is 28.7 Å². The molecule has 1 saturated carbocycles. The van der Waals surface area contributed by atoms with E-state index in [0.29, 0.717) is 37.1 Å². The molecule has 218 valence electrons. The lowest BCUT2D eigenvalue weighted by molar-refractivity contribution is -0.138. The van der Waals surface area contributed by atoms with Crippen LogP contribution < -0.4 is 15.4 Å². The Labute approximate surface area is 231 Å². The molecular formula is C25H34ClF3N4O5S. The summed E-state index contributed by atoms with van der Waals surface area (Å²) in [5.74, 6) is -0.386. The van der Waals surface area contributed by atoms with Crippen molar-refractivity contribution in [1.82, 2.24) is 15.1 Å². The number of amides is 1. The average molecular weight is 595 g/mol. The Morgan fingerprint density at radius 1 is 1.33 bits per heavy atom. The van der Waals surface area contributed by atoms with Gasteiger partial charge in [-0.05, 0) is 51.2 Å². The second kappa shape index (κ2) is 11.9. The molecule has 1 atom stereocenters. The Morgan fingerprint density at radius 3 is 2.51 bits per heavy atom. The van der Waals surface area contributed by atoms with Crippen LogP contribution in [0.3, 0.4) is 0 Å². The van der Waals surface area contributed by atoms with Crippen LogP contribution in [0.25, 0.3) is 11.3 Å². The van der Waals surface area contributed by atoms with E-state index in [-0.39, 0.29) is 41.5 Å². The van der Waals surface area contributed by atoms with Crippen molar-refractivity contribution in [2.45, 2.75) is 75.6 Å². The van der Waals surface area contributed by atoms with E-state index in [1.54, 1.807) is 6.07 Å². The maximum absolute atomic E-state index is 13.1. The van der Waals surface area contributed by atoms with Crippen LogP contribution in [-0.4, -0.2) is 72.2 Å². The van der Waals surface area contributed by atoms with E-state index >= 15 is 0 Å². The molecule has 1 heterocycles. The van der Waals surface area contributed by atoms with E-state index in [0.717, 1.165) is 6.92 Å². The fourth-order valence-electron chi connectivity index (χ4n) is 4.59. The smallest absolute Gasteiger partial charge is 0.408 e. The van der Waals surface area contributed by atoms with Gasteiger partial charge in [-0.2, -0.15) is 18.3 Å². The number of hydrogen-bond acceptors (Lipinski definition) is 7. The Morgan fingerprint density at radius 2 is 1.97 bits per heavy atom. The van der Waals surface area contributed by atoms with Gasteiger partial charge in [0.25, 0.3) is 5.91 Å². The highest BCUT2D eigenvalue weighted by Gasteiger charge is 2.38. The third-order valence-electron chi connectivity index (χ3n) is 6.92. The predicted octanol–water partition coefficient (Wildman–Crippen LogP) is 4.43. The number of aryl methyl sites for hydroxylation is 1. The molecule has 9 nitrogen and oxygen atoms in total. The van der Waals surface area contributed by atoms with Crippen molar-refractivity contribution in [3.63, 3.8) is 0 Å². The molecule has 0 radical (unpaired) electrons. The molecule has 1 aromatic heterocycles. The number of nitrogens with one attached hydrogen (secondary N) is 2. The number of rotatable bonds is 10. The third-order valence-corrected chi connectivity index (χ3v) is 8.96. The largest absolute Gasteiger partial charge is 0.496 e. The second-order valence-electron chi connectivity index (χ2n) is 9.99. The van der Waals surface area contributed by atoms with E-state index < -0.39 is 38.8 Å². The monoisotopic (exact) mass is 594 g/mol. The van der Waals surface area contributed by atoms with Gasteiger partial charge in [0.2, 0.25) is 0 Å². The van der Waals surface area contributed by atoms with Crippen LogP contribution in [0.5, 0.6) is 5.75 Å². The number of benzene rings is 1. The second-order valence-corrected chi connectivity index (χ2v) is 12.7. The van der Waals surface area contributed by atoms with E-state index in [2.05, 4.69) is 15.7 Å². The number of halogens is 4. The van der Waals surface area contributed by atoms with Gasteiger partial charge in [-0.3, -0.25) is 9.48 Å². The van der Waals surface area contributed by atoms with Crippen molar-refractivity contribution in [3.05, 3.63) is 28.9 Å². The van der Waals surface area contributed by atoms with Gasteiger partial charge in [0.1, 0.15) is 21.6 Å². The maximum Gasteiger partial charge on any atom is 0.408 e. The molecule has 0 spiro atoms. The first-order valence-corrected chi connectivity index (χ1v) is 14.9. The van der Waals surface area contributed by atoms with Crippen LogP contribution in [0.15, 0.2) is 18.2 Å². The van der Waals surface area contributed by atoms with E-state index in [4.69, 9.17) is 16.3 Å². The average Bonchev–Trinajstić information content (AvgIpc) is 3.17. The highest BCUT2D eigenvalue weighted by molar-refractivity contribution is 7.91. The van der Waals surface area contributed by atoms with Gasteiger partial charge in [-0.25, -0.2) is 8.42 Å². The first-order valence-electron chi connectivity index (χ1n) is 12.6. The van der Waals surface area contributed by atoms with Crippen LogP contribution >= 0.6 is 11.6 Å². The number of aromatic nitrogens is 2. The number of nitrogens with zero attached hydrogens (tertiary/aromatic N) is 2. The number of carbonyl (C=O) groups excluding carboxylic acids is 1. The van der Waals surface area contributed by atoms with Gasteiger partial charge in [-0.15, -0.1) is 0 Å². The molecule has 1 unspecified atom stereocenters. The van der Waals surface area contributed by atoms with Crippen molar-refractivity contribution >= 4 is 33.0 Å². The van der Waals surface area contributed by atoms with Crippen molar-refractivity contribution in [3.8, 4) is 17.0 Å². The Hall–Kier alpha value is -2.51. The molecule has 0 aliphatic heterocycles. The van der Waals surface area contributed by atoms with Crippen molar-refractivity contribution < 1.29 is 36.2 Å². The molecule has 39 heavy (non-hydrogen) atoms. The van der Waals surface area contributed by atoms with Crippen LogP contribution in [0.4, 0.5) is 18.9 Å². The van der Waals surface area contributed by atoms with Gasteiger partial charge in [-0.1, -0.05) is 18.5 Å². The number of anilines is 1. The number of hydrogen-bond donors (Lipinski definition) is 3. The third kappa shape index (κ3) is 7.37. The molecule has 1 aromatic carbocycles. The number of methoxy groups -OCH3 is 1. The van der Waals surface area contributed by atoms with Crippen molar-refractivity contribution in [2.75, 3.05) is 25.2 Å². The molecule has 0 bridgehead atoms. The van der Waals surface area contributed by atoms with Gasteiger partial charge in [0, 0.05) is 36.7 Å². The summed E-state index contributed by atoms with van der Waals surface area (Å²) in [5.41, 5.74) is -0.343. The zero-order chi connectivity index (χ0) is 29.2. The highest BCUT2D eigenvalue weighted by atomic mass is 35.5. The lowest BCUT2D eigenvalue weighted by Gasteiger charge is -2.35. The zero-order valence-electron chi connectivity index (χ0n) is 22.2. The summed E-state index contributed by atoms with van der Waals surface area (Å²) in [7, 11) is -1.83. The van der Waals surface area contributed by atoms with Gasteiger partial charge in [0.15, 0.2) is 5.69 Å². The maximum atomic E-state index is 13.1. The first kappa shape index (κ1) is 31.0. The fourth-order valence-corrected chi connectivity index (χ4v) is 6.00. The molecule has 1 aliphatic rings. The summed E-state index contributed by atoms with van der Waals surface area (Å²) in [5, 5.41) is 19.8. The number of aliphatic hydroxyl groups is 1. The topological polar surface area (TPSA) is 123 Å². The van der Waals surface area contributed by atoms with Crippen LogP contribution in [-0.2, 0) is 16.4 Å². The number of ether oxygens (including phenoxy) is 1. The summed E-state index contributed by atoms with van der Waals surface area (Å²) in [4.78, 5) is 13.1. The van der Waals surface area contributed by atoms with Gasteiger partial charge >= 0.3 is 6.18 Å². The summed E-state index contributed by atoms with van der Waals surface area (Å²) in [6, 6.07) is 2.64. The van der Waals surface area contributed by atoms with Crippen molar-refractivity contribution in [1.29, 1.82) is 0 Å². The van der Waals surface area contributed by atoms with Crippen LogP contribution in [0.1, 0.15) is 56.4 Å². The fraction of sp³-hybridized carbons (Fsp3) is 0.600. The zero-order valence-corrected chi connectivity index (χ0v) is 23.8. The minimum Gasteiger partial charge on any atom is -0.496 e. The van der Waals surface area contributed by atoms with Crippen LogP contribution in [0.2, 0.25) is 5.02 Å². The first-order chi connectivity index (χ1) is 18.1. The highest BCUT2D eigenvalue weighted by Crippen LogP contribution is 2.39. The lowest BCUT2D eigenvalue weighted by atomic mass is 9.84. The number of sulfone groups is 1. The molecule has 0 saturated heterocycles. The Bertz CT molecular complexity index is 1290. The summed E-state index contributed by atoms with van der Waals surface area (Å²) < 4.78 is 69.6. The number of carbonyl (C=O) groups is 1. The SMILES string of the molecule is CCCn1nc(C(=O)NCC2(O)CCC(S(C)(=O)=O)CC2)c(Cl)c1-c1ccc(NC(C)C(F)(F)F)cc1OC. The summed E-state index contributed by atoms with van der Waals surface area (Å²) >= 11 is 6.64. The number of alkyl halides is 3. The standard InChI is InChI=1S/C25H34ClF3N4O5S/c1-5-12-33-22(18-7-6-16(13-19(18)38-3)31-15(2)25(27,28)29)20(26)21(32-33)23(34)30-14-24(35)10-8-17(9-11-24)39(4,36)37/h6-7,13,15,17,31,35H,5,8-12,14H2,1-4H3,(H,30,34). The quantitative estimate of drug-likeness (QED) is 0.372. The summed E-state index contributed by atoms with van der Waals surface area (Å²) in [6.45, 7) is 3.21. The predicted molar refractivity (Wildman–Crippen MR) is 143 cm³/mol. The van der Waals surface area contributed by atoms with Crippen LogP contribution in [0, 0.1) is 0 Å². The van der Waals surface area contributed by atoms with E-state index in [1.807, 2.05) is 6.92 Å². The van der Waals surface area contributed by atoms with E-state index in [1.165, 1.54) is 30.2 Å².